The number of alkyl halides is 3. The SMILES string of the molecule is O=C(COC(=O)c1ccccc1C(F)(F)F)Nc1ccccc1C(=O)NC1CC1. The van der Waals surface area contributed by atoms with Gasteiger partial charge >= 0.3 is 12.1 Å². The molecule has 0 bridgehead atoms. The van der Waals surface area contributed by atoms with Crippen LogP contribution in [0.5, 0.6) is 0 Å². The zero-order valence-corrected chi connectivity index (χ0v) is 15.1. The van der Waals surface area contributed by atoms with E-state index < -0.39 is 35.8 Å². The first-order chi connectivity index (χ1) is 13.8. The molecule has 2 aromatic rings. The summed E-state index contributed by atoms with van der Waals surface area (Å²) in [5.74, 6) is -2.40. The summed E-state index contributed by atoms with van der Waals surface area (Å²) >= 11 is 0. The van der Waals surface area contributed by atoms with Crippen molar-refractivity contribution in [3.63, 3.8) is 0 Å². The minimum absolute atomic E-state index is 0.126. The molecule has 0 aromatic heterocycles. The highest BCUT2D eigenvalue weighted by Crippen LogP contribution is 2.32. The summed E-state index contributed by atoms with van der Waals surface area (Å²) in [6, 6.07) is 10.5. The highest BCUT2D eigenvalue weighted by Gasteiger charge is 2.35. The first kappa shape index (κ1) is 20.4. The molecule has 29 heavy (non-hydrogen) atoms. The maximum absolute atomic E-state index is 13.0. The lowest BCUT2D eigenvalue weighted by Crippen LogP contribution is -2.28. The number of para-hydroxylation sites is 1. The first-order valence-corrected chi connectivity index (χ1v) is 8.79. The van der Waals surface area contributed by atoms with Gasteiger partial charge in [-0.2, -0.15) is 13.2 Å². The molecule has 1 fully saturated rings. The third-order valence-corrected chi connectivity index (χ3v) is 4.15. The Morgan fingerprint density at radius 1 is 0.966 bits per heavy atom. The van der Waals surface area contributed by atoms with Crippen LogP contribution in [-0.2, 0) is 15.7 Å². The van der Waals surface area contributed by atoms with Crippen molar-refractivity contribution >= 4 is 23.5 Å². The summed E-state index contributed by atoms with van der Waals surface area (Å²) in [7, 11) is 0. The molecule has 3 rings (SSSR count). The van der Waals surface area contributed by atoms with E-state index in [2.05, 4.69) is 10.6 Å². The molecular weight excluding hydrogens is 389 g/mol. The molecule has 0 aliphatic heterocycles. The van der Waals surface area contributed by atoms with E-state index in [0.717, 1.165) is 31.0 Å². The van der Waals surface area contributed by atoms with E-state index in [1.165, 1.54) is 18.2 Å². The molecule has 1 aliphatic rings. The number of hydrogen-bond donors (Lipinski definition) is 2. The van der Waals surface area contributed by atoms with Gasteiger partial charge in [-0.1, -0.05) is 24.3 Å². The zero-order chi connectivity index (χ0) is 21.0. The molecule has 2 amide bonds. The normalized spacial score (nSPS) is 13.5. The second-order valence-electron chi connectivity index (χ2n) is 6.46. The third-order valence-electron chi connectivity index (χ3n) is 4.15. The summed E-state index contributed by atoms with van der Waals surface area (Å²) in [6.07, 6.45) is -2.93. The highest BCUT2D eigenvalue weighted by molar-refractivity contribution is 6.04. The van der Waals surface area contributed by atoms with E-state index in [1.54, 1.807) is 12.1 Å². The van der Waals surface area contributed by atoms with Gasteiger partial charge in [-0.25, -0.2) is 4.79 Å². The molecule has 0 saturated heterocycles. The van der Waals surface area contributed by atoms with E-state index in [4.69, 9.17) is 4.74 Å². The van der Waals surface area contributed by atoms with Gasteiger partial charge in [0.2, 0.25) is 0 Å². The molecule has 0 atom stereocenters. The van der Waals surface area contributed by atoms with Crippen molar-refractivity contribution in [1.82, 2.24) is 5.32 Å². The number of hydrogen-bond acceptors (Lipinski definition) is 4. The third kappa shape index (κ3) is 5.34. The van der Waals surface area contributed by atoms with Gasteiger partial charge in [-0.05, 0) is 37.1 Å². The summed E-state index contributed by atoms with van der Waals surface area (Å²) < 4.78 is 43.7. The van der Waals surface area contributed by atoms with Gasteiger partial charge in [-0.3, -0.25) is 9.59 Å². The average Bonchev–Trinajstić information content (AvgIpc) is 3.50. The van der Waals surface area contributed by atoms with Crippen LogP contribution in [0.15, 0.2) is 48.5 Å². The minimum atomic E-state index is -4.73. The molecule has 0 spiro atoms. The van der Waals surface area contributed by atoms with Crippen molar-refractivity contribution in [2.75, 3.05) is 11.9 Å². The number of ether oxygens (including phenoxy) is 1. The molecule has 2 N–H and O–H groups in total. The van der Waals surface area contributed by atoms with Crippen LogP contribution in [0.1, 0.15) is 39.1 Å². The molecule has 1 saturated carbocycles. The number of anilines is 1. The van der Waals surface area contributed by atoms with Gasteiger partial charge < -0.3 is 15.4 Å². The van der Waals surface area contributed by atoms with Crippen LogP contribution in [0.25, 0.3) is 0 Å². The van der Waals surface area contributed by atoms with Crippen LogP contribution in [0.3, 0.4) is 0 Å². The topological polar surface area (TPSA) is 84.5 Å². The van der Waals surface area contributed by atoms with Crippen molar-refractivity contribution in [1.29, 1.82) is 0 Å². The molecule has 0 unspecified atom stereocenters. The molecular formula is C20H17F3N2O4. The maximum Gasteiger partial charge on any atom is 0.417 e. The van der Waals surface area contributed by atoms with E-state index in [-0.39, 0.29) is 23.2 Å². The fourth-order valence-corrected chi connectivity index (χ4v) is 2.58. The second-order valence-corrected chi connectivity index (χ2v) is 6.46. The molecule has 152 valence electrons. The largest absolute Gasteiger partial charge is 0.452 e. The van der Waals surface area contributed by atoms with Crippen LogP contribution >= 0.6 is 0 Å². The van der Waals surface area contributed by atoms with E-state index in [9.17, 15) is 27.6 Å². The van der Waals surface area contributed by atoms with Crippen molar-refractivity contribution in [2.45, 2.75) is 25.1 Å². The van der Waals surface area contributed by atoms with Gasteiger partial charge in [0.1, 0.15) is 0 Å². The minimum Gasteiger partial charge on any atom is -0.452 e. The Morgan fingerprint density at radius 3 is 2.24 bits per heavy atom. The Labute approximate surface area is 164 Å². The summed E-state index contributed by atoms with van der Waals surface area (Å²) in [5, 5.41) is 5.23. The number of halogens is 3. The lowest BCUT2D eigenvalue weighted by molar-refractivity contribution is -0.138. The average molecular weight is 406 g/mol. The van der Waals surface area contributed by atoms with Crippen LogP contribution < -0.4 is 10.6 Å². The van der Waals surface area contributed by atoms with Crippen LogP contribution in [0.2, 0.25) is 0 Å². The van der Waals surface area contributed by atoms with Gasteiger partial charge in [0, 0.05) is 6.04 Å². The maximum atomic E-state index is 13.0. The Hall–Kier alpha value is -3.36. The molecule has 0 radical (unpaired) electrons. The number of rotatable bonds is 6. The predicted octanol–water partition coefficient (Wildman–Crippen LogP) is 3.39. The van der Waals surface area contributed by atoms with E-state index in [1.807, 2.05) is 0 Å². The molecule has 6 nitrogen and oxygen atoms in total. The predicted molar refractivity (Wildman–Crippen MR) is 97.3 cm³/mol. The monoisotopic (exact) mass is 406 g/mol. The molecule has 2 aromatic carbocycles. The number of carbonyl (C=O) groups excluding carboxylic acids is 3. The van der Waals surface area contributed by atoms with E-state index >= 15 is 0 Å². The van der Waals surface area contributed by atoms with Crippen LogP contribution in [-0.4, -0.2) is 30.4 Å². The fourth-order valence-electron chi connectivity index (χ4n) is 2.58. The lowest BCUT2D eigenvalue weighted by atomic mass is 10.1. The van der Waals surface area contributed by atoms with Crippen molar-refractivity contribution in [2.24, 2.45) is 0 Å². The van der Waals surface area contributed by atoms with Crippen molar-refractivity contribution in [3.8, 4) is 0 Å². The number of benzene rings is 2. The smallest absolute Gasteiger partial charge is 0.417 e. The number of esters is 1. The van der Waals surface area contributed by atoms with Crippen molar-refractivity contribution in [3.05, 3.63) is 65.2 Å². The number of amides is 2. The Morgan fingerprint density at radius 2 is 1.59 bits per heavy atom. The van der Waals surface area contributed by atoms with E-state index in [0.29, 0.717) is 0 Å². The first-order valence-electron chi connectivity index (χ1n) is 8.79. The quantitative estimate of drug-likeness (QED) is 0.721. The Balaban J connectivity index is 1.63. The summed E-state index contributed by atoms with van der Waals surface area (Å²) in [5.41, 5.74) is -1.38. The summed E-state index contributed by atoms with van der Waals surface area (Å²) in [4.78, 5) is 36.3. The van der Waals surface area contributed by atoms with Crippen LogP contribution in [0.4, 0.5) is 18.9 Å². The summed E-state index contributed by atoms with van der Waals surface area (Å²) in [6.45, 7) is -0.802. The highest BCUT2D eigenvalue weighted by atomic mass is 19.4. The Kier molecular flexibility index (Phi) is 5.86. The zero-order valence-electron chi connectivity index (χ0n) is 15.1. The standard InChI is InChI=1S/C20H17F3N2O4/c21-20(22,23)15-7-3-1-5-13(15)19(28)29-11-17(26)25-16-8-4-2-6-14(16)18(27)24-12-9-10-12/h1-8,12H,9-11H2,(H,24,27)(H,25,26). The fraction of sp³-hybridized carbons (Fsp3) is 0.250. The Bertz CT molecular complexity index is 939. The number of nitrogens with one attached hydrogen (secondary N) is 2. The lowest BCUT2D eigenvalue weighted by Gasteiger charge is -2.13. The number of carbonyl (C=O) groups is 3. The van der Waals surface area contributed by atoms with Crippen molar-refractivity contribution < 1.29 is 32.3 Å². The second kappa shape index (κ2) is 8.34. The molecule has 0 heterocycles. The van der Waals surface area contributed by atoms with Gasteiger partial charge in [0.25, 0.3) is 11.8 Å². The van der Waals surface area contributed by atoms with Gasteiger partial charge in [0.05, 0.1) is 22.4 Å². The molecule has 1 aliphatic carbocycles. The van der Waals surface area contributed by atoms with Gasteiger partial charge in [0.15, 0.2) is 6.61 Å². The van der Waals surface area contributed by atoms with Crippen LogP contribution in [0, 0.1) is 0 Å². The van der Waals surface area contributed by atoms with Gasteiger partial charge in [-0.15, -0.1) is 0 Å². The molecule has 9 heteroatoms.